The quantitative estimate of drug-likeness (QED) is 0.176. The van der Waals surface area contributed by atoms with Crippen LogP contribution in [0.5, 0.6) is 0 Å². The van der Waals surface area contributed by atoms with Crippen molar-refractivity contribution < 1.29 is 4.42 Å². The maximum atomic E-state index is 6.40. The lowest BCUT2D eigenvalue weighted by Crippen LogP contribution is -2.48. The molecule has 0 amide bonds. The van der Waals surface area contributed by atoms with E-state index in [0.29, 0.717) is 10.8 Å². The van der Waals surface area contributed by atoms with Crippen LogP contribution in [-0.4, -0.2) is 0 Å². The lowest BCUT2D eigenvalue weighted by Gasteiger charge is -2.57. The summed E-state index contributed by atoms with van der Waals surface area (Å²) in [5.41, 5.74) is 15.1. The minimum absolute atomic E-state index is 0.135. The van der Waals surface area contributed by atoms with Gasteiger partial charge in [0.1, 0.15) is 11.2 Å². The van der Waals surface area contributed by atoms with Crippen molar-refractivity contribution >= 4 is 39.0 Å². The van der Waals surface area contributed by atoms with Gasteiger partial charge >= 0.3 is 0 Å². The van der Waals surface area contributed by atoms with E-state index in [0.717, 1.165) is 46.7 Å². The van der Waals surface area contributed by atoms with Crippen LogP contribution in [0.25, 0.3) is 33.1 Å². The molecule has 6 aromatic rings. The van der Waals surface area contributed by atoms with Gasteiger partial charge in [-0.05, 0) is 205 Å². The molecular formula is C53H53NO. The molecular weight excluding hydrogens is 667 g/mol. The Morgan fingerprint density at radius 3 is 1.51 bits per heavy atom. The molecule has 0 aliphatic heterocycles. The molecule has 1 heterocycles. The third-order valence-electron chi connectivity index (χ3n) is 17.0. The van der Waals surface area contributed by atoms with Gasteiger partial charge in [0.05, 0.1) is 0 Å². The number of furan rings is 1. The smallest absolute Gasteiger partial charge is 0.136 e. The zero-order chi connectivity index (χ0) is 36.3. The van der Waals surface area contributed by atoms with Gasteiger partial charge in [-0.15, -0.1) is 0 Å². The first-order valence-electron chi connectivity index (χ1n) is 21.9. The van der Waals surface area contributed by atoms with Crippen LogP contribution in [0.2, 0.25) is 0 Å². The third kappa shape index (κ3) is 4.49. The predicted molar refractivity (Wildman–Crippen MR) is 226 cm³/mol. The van der Waals surface area contributed by atoms with Gasteiger partial charge in [-0.25, -0.2) is 0 Å². The third-order valence-corrected chi connectivity index (χ3v) is 17.0. The Morgan fingerprint density at radius 2 is 0.982 bits per heavy atom. The highest BCUT2D eigenvalue weighted by Gasteiger charge is 2.53. The van der Waals surface area contributed by atoms with Crippen molar-refractivity contribution in [3.05, 3.63) is 125 Å². The highest BCUT2D eigenvalue weighted by molar-refractivity contribution is 6.15. The molecule has 0 unspecified atom stereocenters. The van der Waals surface area contributed by atoms with Crippen LogP contribution in [0.4, 0.5) is 17.1 Å². The number of hydrogen-bond donors (Lipinski definition) is 0. The Balaban J connectivity index is 0.930. The lowest BCUT2D eigenvalue weighted by atomic mass is 9.48. The zero-order valence-electron chi connectivity index (χ0n) is 32.6. The number of hydrogen-bond acceptors (Lipinski definition) is 2. The molecule has 8 saturated carbocycles. The highest BCUT2D eigenvalue weighted by atomic mass is 16.3. The van der Waals surface area contributed by atoms with Crippen molar-refractivity contribution in [1.29, 1.82) is 0 Å². The molecule has 0 atom stereocenters. The van der Waals surface area contributed by atoms with Crippen molar-refractivity contribution in [2.24, 2.45) is 35.5 Å². The van der Waals surface area contributed by atoms with Gasteiger partial charge in [-0.1, -0.05) is 68.4 Å². The first-order valence-corrected chi connectivity index (χ1v) is 21.9. The maximum Gasteiger partial charge on any atom is 0.136 e. The summed E-state index contributed by atoms with van der Waals surface area (Å²) in [6, 6.07) is 40.4. The average Bonchev–Trinajstić information content (AvgIpc) is 3.66. The number of para-hydroxylation sites is 1. The number of anilines is 3. The van der Waals surface area contributed by atoms with Crippen molar-refractivity contribution in [3.63, 3.8) is 0 Å². The summed E-state index contributed by atoms with van der Waals surface area (Å²) < 4.78 is 6.40. The van der Waals surface area contributed by atoms with Gasteiger partial charge in [0.2, 0.25) is 0 Å². The summed E-state index contributed by atoms with van der Waals surface area (Å²) in [6.45, 7) is 4.83. The fourth-order valence-electron chi connectivity index (χ4n) is 15.5. The molecule has 2 heteroatoms. The molecule has 1 aromatic heterocycles. The Morgan fingerprint density at radius 1 is 0.491 bits per heavy atom. The van der Waals surface area contributed by atoms with Gasteiger partial charge in [0.15, 0.2) is 0 Å². The summed E-state index contributed by atoms with van der Waals surface area (Å²) in [6.07, 6.45) is 17.4. The molecule has 0 saturated heterocycles. The van der Waals surface area contributed by atoms with Gasteiger partial charge in [-0.3, -0.25) is 0 Å². The van der Waals surface area contributed by atoms with Gasteiger partial charge < -0.3 is 9.32 Å². The van der Waals surface area contributed by atoms with Crippen LogP contribution in [-0.2, 0) is 16.2 Å². The van der Waals surface area contributed by atoms with Crippen LogP contribution in [0, 0.1) is 35.5 Å². The molecule has 2 nitrogen and oxygen atoms in total. The normalized spacial score (nSPS) is 33.1. The molecule has 5 aromatic carbocycles. The second-order valence-corrected chi connectivity index (χ2v) is 20.6. The van der Waals surface area contributed by atoms with E-state index >= 15 is 0 Å². The molecule has 8 bridgehead atoms. The average molecular weight is 720 g/mol. The second-order valence-electron chi connectivity index (χ2n) is 20.6. The van der Waals surface area contributed by atoms with Crippen LogP contribution in [0.1, 0.15) is 113 Å². The number of nitrogens with zero attached hydrogens (tertiary/aromatic N) is 1. The van der Waals surface area contributed by atoms with Crippen LogP contribution >= 0.6 is 0 Å². The van der Waals surface area contributed by atoms with Crippen molar-refractivity contribution in [3.8, 4) is 11.1 Å². The Hall–Kier alpha value is -4.30. The Kier molecular flexibility index (Phi) is 6.35. The summed E-state index contributed by atoms with van der Waals surface area (Å²) in [7, 11) is 0. The minimum Gasteiger partial charge on any atom is -0.456 e. The van der Waals surface area contributed by atoms with E-state index in [9.17, 15) is 0 Å². The molecule has 0 N–H and O–H groups in total. The Bertz CT molecular complexity index is 2370. The molecule has 15 rings (SSSR count). The molecule has 9 aliphatic carbocycles. The summed E-state index contributed by atoms with van der Waals surface area (Å²) in [5.74, 6) is 5.72. The summed E-state index contributed by atoms with van der Waals surface area (Å²) in [4.78, 5) is 2.56. The van der Waals surface area contributed by atoms with E-state index in [2.05, 4.69) is 122 Å². The van der Waals surface area contributed by atoms with Crippen molar-refractivity contribution in [2.45, 2.75) is 107 Å². The van der Waals surface area contributed by atoms with E-state index in [1.807, 2.05) is 0 Å². The topological polar surface area (TPSA) is 16.4 Å². The maximum absolute atomic E-state index is 6.40. The fraction of sp³-hybridized carbons (Fsp3) is 0.434. The molecule has 276 valence electrons. The SMILES string of the molecule is CC1(C)c2cc(N(c3ccc(C45CC6CC(CC(C6)C4)C5)cc3)c3ccc(C45CC6CC(CC(C6)C4)C5)cc3)ccc2-c2c1ccc1oc3ccccc3c21. The lowest BCUT2D eigenvalue weighted by molar-refractivity contribution is -0.00529. The molecule has 0 radical (unpaired) electrons. The molecule has 9 aliphatic rings. The monoisotopic (exact) mass is 719 g/mol. The van der Waals surface area contributed by atoms with Crippen molar-refractivity contribution in [2.75, 3.05) is 4.90 Å². The highest BCUT2D eigenvalue weighted by Crippen LogP contribution is 2.63. The van der Waals surface area contributed by atoms with E-state index in [4.69, 9.17) is 4.42 Å². The van der Waals surface area contributed by atoms with Crippen LogP contribution in [0.15, 0.2) is 108 Å². The van der Waals surface area contributed by atoms with Crippen LogP contribution < -0.4 is 4.90 Å². The van der Waals surface area contributed by atoms with Gasteiger partial charge in [0.25, 0.3) is 0 Å². The molecule has 0 spiro atoms. The van der Waals surface area contributed by atoms with E-state index < -0.39 is 0 Å². The minimum atomic E-state index is -0.135. The first kappa shape index (κ1) is 31.9. The zero-order valence-corrected chi connectivity index (χ0v) is 32.6. The van der Waals surface area contributed by atoms with Crippen molar-refractivity contribution in [1.82, 2.24) is 0 Å². The number of fused-ring (bicyclic) bond motifs is 7. The second kappa shape index (κ2) is 11.0. The standard InChI is InChI=1S/C53H53NO/c1-51(2)45-17-18-48-50(44-5-3-4-6-47(44)55-48)49(45)43-16-15-42(25-46(43)51)54(40-11-7-38(8-12-40)52-26-32-19-33(27-52)21-34(20-32)28-52)41-13-9-39(10-14-41)53-29-35-22-36(30-53)24-37(23-35)31-53/h3-18,25,32-37H,19-24,26-31H2,1-2H3. The fourth-order valence-corrected chi connectivity index (χ4v) is 15.5. The van der Waals surface area contributed by atoms with Gasteiger partial charge in [0, 0.05) is 33.2 Å². The Labute approximate surface area is 326 Å². The van der Waals surface area contributed by atoms with E-state index in [1.165, 1.54) is 127 Å². The molecule has 55 heavy (non-hydrogen) atoms. The largest absolute Gasteiger partial charge is 0.456 e. The summed E-state index contributed by atoms with van der Waals surface area (Å²) in [5, 5.41) is 2.46. The van der Waals surface area contributed by atoms with Crippen LogP contribution in [0.3, 0.4) is 0 Å². The first-order chi connectivity index (χ1) is 26.8. The van der Waals surface area contributed by atoms with E-state index in [-0.39, 0.29) is 5.41 Å². The summed E-state index contributed by atoms with van der Waals surface area (Å²) >= 11 is 0. The van der Waals surface area contributed by atoms with Gasteiger partial charge in [-0.2, -0.15) is 0 Å². The van der Waals surface area contributed by atoms with E-state index in [1.54, 1.807) is 11.1 Å². The number of benzene rings is 5. The number of rotatable bonds is 5. The predicted octanol–water partition coefficient (Wildman–Crippen LogP) is 14.3. The molecule has 8 fully saturated rings.